The molecule has 2 heterocycles. The number of hydrogen-bond donors (Lipinski definition) is 1. The first kappa shape index (κ1) is 16.4. The molecule has 6 nitrogen and oxygen atoms in total. The Hall–Kier alpha value is -1.95. The molecule has 1 N–H and O–H groups in total. The van der Waals surface area contributed by atoms with Gasteiger partial charge >= 0.3 is 0 Å². The summed E-state index contributed by atoms with van der Waals surface area (Å²) in [7, 11) is 1.68. The first-order chi connectivity index (χ1) is 10.1. The Balaban J connectivity index is 2.40. The zero-order chi connectivity index (χ0) is 16.7. The molecule has 0 unspecified atom stereocenters. The van der Waals surface area contributed by atoms with Crippen molar-refractivity contribution < 1.29 is 9.90 Å². The summed E-state index contributed by atoms with van der Waals surface area (Å²) in [6.07, 6.45) is 1.73. The van der Waals surface area contributed by atoms with Crippen LogP contribution < -0.4 is 0 Å². The number of aryl methyl sites for hydroxylation is 1. The van der Waals surface area contributed by atoms with Crippen LogP contribution in [-0.4, -0.2) is 49.9 Å². The highest BCUT2D eigenvalue weighted by Crippen LogP contribution is 2.20. The van der Waals surface area contributed by atoms with Crippen molar-refractivity contribution in [3.8, 4) is 0 Å². The first-order valence-electron chi connectivity index (χ1n) is 7.43. The maximum atomic E-state index is 12.6. The van der Waals surface area contributed by atoms with Gasteiger partial charge in [-0.1, -0.05) is 0 Å². The average molecular weight is 304 g/mol. The zero-order valence-corrected chi connectivity index (χ0v) is 14.1. The number of nitrogens with zero attached hydrogens (tertiary/aromatic N) is 4. The molecule has 0 aromatic carbocycles. The highest BCUT2D eigenvalue weighted by atomic mass is 16.3. The minimum Gasteiger partial charge on any atom is -0.389 e. The van der Waals surface area contributed by atoms with E-state index < -0.39 is 5.60 Å². The molecular weight excluding hydrogens is 280 g/mol. The van der Waals surface area contributed by atoms with E-state index in [1.807, 2.05) is 31.5 Å². The molecule has 0 spiro atoms. The Bertz CT molecular complexity index is 698. The molecule has 6 heteroatoms. The van der Waals surface area contributed by atoms with Crippen LogP contribution in [0.5, 0.6) is 0 Å². The van der Waals surface area contributed by atoms with Crippen LogP contribution in [0, 0.1) is 6.92 Å². The standard InChI is InChI=1S/C16H24N4O2/c1-10(2)20-14-12(8-17-20)7-13(11(3)18-14)15(21)19(6)9-16(4,5)22/h7-8,10,22H,9H2,1-6H3. The number of amides is 1. The van der Waals surface area contributed by atoms with Crippen molar-refractivity contribution >= 4 is 16.9 Å². The van der Waals surface area contributed by atoms with E-state index in [2.05, 4.69) is 10.1 Å². The fourth-order valence-electron chi connectivity index (χ4n) is 2.52. The summed E-state index contributed by atoms with van der Waals surface area (Å²) in [5, 5.41) is 15.0. The Morgan fingerprint density at radius 2 is 2.09 bits per heavy atom. The third-order valence-electron chi connectivity index (χ3n) is 3.45. The van der Waals surface area contributed by atoms with Crippen LogP contribution >= 0.6 is 0 Å². The van der Waals surface area contributed by atoms with E-state index in [4.69, 9.17) is 0 Å². The molecule has 1 amide bonds. The van der Waals surface area contributed by atoms with Gasteiger partial charge in [0.1, 0.15) is 0 Å². The van der Waals surface area contributed by atoms with Crippen molar-refractivity contribution in [2.24, 2.45) is 0 Å². The van der Waals surface area contributed by atoms with E-state index in [-0.39, 0.29) is 18.5 Å². The number of fused-ring (bicyclic) bond motifs is 1. The summed E-state index contributed by atoms with van der Waals surface area (Å²) in [4.78, 5) is 18.6. The molecule has 0 saturated heterocycles. The molecule has 120 valence electrons. The second-order valence-corrected chi connectivity index (χ2v) is 6.69. The molecule has 0 saturated carbocycles. The first-order valence-corrected chi connectivity index (χ1v) is 7.43. The van der Waals surface area contributed by atoms with Crippen molar-refractivity contribution in [3.63, 3.8) is 0 Å². The van der Waals surface area contributed by atoms with E-state index in [9.17, 15) is 9.90 Å². The van der Waals surface area contributed by atoms with Crippen LogP contribution in [0.2, 0.25) is 0 Å². The maximum absolute atomic E-state index is 12.6. The zero-order valence-electron chi connectivity index (χ0n) is 14.1. The van der Waals surface area contributed by atoms with Gasteiger partial charge in [0.15, 0.2) is 5.65 Å². The lowest BCUT2D eigenvalue weighted by molar-refractivity contribution is 0.0367. The van der Waals surface area contributed by atoms with Gasteiger partial charge in [-0.25, -0.2) is 9.67 Å². The second-order valence-electron chi connectivity index (χ2n) is 6.69. The highest BCUT2D eigenvalue weighted by Gasteiger charge is 2.23. The Morgan fingerprint density at radius 1 is 1.45 bits per heavy atom. The summed E-state index contributed by atoms with van der Waals surface area (Å²) in [6, 6.07) is 2.04. The monoisotopic (exact) mass is 304 g/mol. The number of likely N-dealkylation sites (N-methyl/N-ethyl adjacent to an activating group) is 1. The van der Waals surface area contributed by atoms with E-state index in [0.29, 0.717) is 11.3 Å². The van der Waals surface area contributed by atoms with Gasteiger partial charge in [0.25, 0.3) is 5.91 Å². The van der Waals surface area contributed by atoms with E-state index in [1.165, 1.54) is 4.90 Å². The molecular formula is C16H24N4O2. The van der Waals surface area contributed by atoms with Crippen molar-refractivity contribution in [1.82, 2.24) is 19.7 Å². The van der Waals surface area contributed by atoms with Gasteiger partial charge in [-0.05, 0) is 40.7 Å². The SMILES string of the molecule is Cc1nc2c(cnn2C(C)C)cc1C(=O)N(C)CC(C)(C)O. The summed E-state index contributed by atoms with van der Waals surface area (Å²) < 4.78 is 1.84. The molecule has 2 aromatic heterocycles. The van der Waals surface area contributed by atoms with Gasteiger partial charge < -0.3 is 10.0 Å². The predicted octanol–water partition coefficient (Wildman–Crippen LogP) is 2.16. The number of rotatable bonds is 4. The number of carbonyl (C=O) groups excluding carboxylic acids is 1. The Labute approximate surface area is 130 Å². The Kier molecular flexibility index (Phi) is 4.24. The lowest BCUT2D eigenvalue weighted by atomic mass is 10.1. The lowest BCUT2D eigenvalue weighted by Gasteiger charge is -2.26. The third-order valence-corrected chi connectivity index (χ3v) is 3.45. The number of hydrogen-bond acceptors (Lipinski definition) is 4. The smallest absolute Gasteiger partial charge is 0.255 e. The van der Waals surface area contributed by atoms with Crippen LogP contribution in [-0.2, 0) is 0 Å². The average Bonchev–Trinajstić information content (AvgIpc) is 2.77. The number of aromatic nitrogens is 3. The topological polar surface area (TPSA) is 71.2 Å². The van der Waals surface area contributed by atoms with Gasteiger partial charge in [0.05, 0.1) is 23.1 Å². The second kappa shape index (κ2) is 5.68. The van der Waals surface area contributed by atoms with Crippen molar-refractivity contribution in [2.75, 3.05) is 13.6 Å². The summed E-state index contributed by atoms with van der Waals surface area (Å²) in [5.41, 5.74) is 1.07. The fourth-order valence-corrected chi connectivity index (χ4v) is 2.52. The van der Waals surface area contributed by atoms with Crippen molar-refractivity contribution in [1.29, 1.82) is 0 Å². The number of carbonyl (C=O) groups is 1. The van der Waals surface area contributed by atoms with Crippen molar-refractivity contribution in [3.05, 3.63) is 23.5 Å². The summed E-state index contributed by atoms with van der Waals surface area (Å²) >= 11 is 0. The highest BCUT2D eigenvalue weighted by molar-refractivity contribution is 5.98. The van der Waals surface area contributed by atoms with Crippen LogP contribution in [0.15, 0.2) is 12.3 Å². The van der Waals surface area contributed by atoms with Crippen LogP contribution in [0.25, 0.3) is 11.0 Å². The normalized spacial score (nSPS) is 12.2. The largest absolute Gasteiger partial charge is 0.389 e. The number of aliphatic hydroxyl groups is 1. The summed E-state index contributed by atoms with van der Waals surface area (Å²) in [6.45, 7) is 9.52. The predicted molar refractivity (Wildman–Crippen MR) is 85.9 cm³/mol. The fraction of sp³-hybridized carbons (Fsp3) is 0.562. The quantitative estimate of drug-likeness (QED) is 0.939. The minimum absolute atomic E-state index is 0.147. The maximum Gasteiger partial charge on any atom is 0.255 e. The summed E-state index contributed by atoms with van der Waals surface area (Å²) in [5.74, 6) is -0.147. The molecule has 0 fully saturated rings. The van der Waals surface area contributed by atoms with Gasteiger partial charge in [-0.3, -0.25) is 4.79 Å². The van der Waals surface area contributed by atoms with E-state index in [1.54, 1.807) is 27.1 Å². The van der Waals surface area contributed by atoms with E-state index in [0.717, 1.165) is 11.0 Å². The molecule has 0 atom stereocenters. The number of pyridine rings is 1. The molecule has 0 radical (unpaired) electrons. The lowest BCUT2D eigenvalue weighted by Crippen LogP contribution is -2.40. The van der Waals surface area contributed by atoms with Crippen LogP contribution in [0.1, 0.15) is 49.8 Å². The minimum atomic E-state index is -0.932. The van der Waals surface area contributed by atoms with Crippen molar-refractivity contribution in [2.45, 2.75) is 46.3 Å². The van der Waals surface area contributed by atoms with Gasteiger partial charge in [0.2, 0.25) is 0 Å². The molecule has 0 aliphatic heterocycles. The van der Waals surface area contributed by atoms with Crippen LogP contribution in [0.4, 0.5) is 0 Å². The molecule has 2 aromatic rings. The molecule has 0 aliphatic rings. The molecule has 2 rings (SSSR count). The molecule has 0 aliphatic carbocycles. The third kappa shape index (κ3) is 3.27. The molecule has 0 bridgehead atoms. The van der Waals surface area contributed by atoms with Gasteiger partial charge in [-0.2, -0.15) is 5.10 Å². The molecule has 22 heavy (non-hydrogen) atoms. The van der Waals surface area contributed by atoms with Gasteiger partial charge in [-0.15, -0.1) is 0 Å². The van der Waals surface area contributed by atoms with Gasteiger partial charge in [0, 0.05) is 25.0 Å². The Morgan fingerprint density at radius 3 is 2.64 bits per heavy atom. The van der Waals surface area contributed by atoms with Crippen LogP contribution in [0.3, 0.4) is 0 Å². The van der Waals surface area contributed by atoms with E-state index >= 15 is 0 Å².